The molecule has 0 aromatic carbocycles. The number of aliphatic hydroxyl groups is 1. The molecule has 1 heterocycles. The molecule has 1 aliphatic carbocycles. The van der Waals surface area contributed by atoms with E-state index in [4.69, 9.17) is 4.74 Å². The van der Waals surface area contributed by atoms with Crippen LogP contribution < -0.4 is 4.74 Å². The second-order valence-corrected chi connectivity index (χ2v) is 3.86. The van der Waals surface area contributed by atoms with Crippen molar-refractivity contribution in [1.82, 2.24) is 9.78 Å². The predicted molar refractivity (Wildman–Crippen MR) is 52.1 cm³/mol. The van der Waals surface area contributed by atoms with Crippen LogP contribution >= 0.6 is 0 Å². The summed E-state index contributed by atoms with van der Waals surface area (Å²) >= 11 is 0. The smallest absolute Gasteiger partial charge is 0.157 e. The van der Waals surface area contributed by atoms with Gasteiger partial charge >= 0.3 is 0 Å². The number of rotatable bonds is 2. The van der Waals surface area contributed by atoms with Crippen molar-refractivity contribution in [3.63, 3.8) is 0 Å². The molecule has 1 aromatic heterocycles. The molecule has 2 unspecified atom stereocenters. The van der Waals surface area contributed by atoms with Gasteiger partial charge in [-0.25, -0.2) is 0 Å². The molecule has 14 heavy (non-hydrogen) atoms. The predicted octanol–water partition coefficient (Wildman–Crippen LogP) is 1.10. The maximum Gasteiger partial charge on any atom is 0.157 e. The summed E-state index contributed by atoms with van der Waals surface area (Å²) < 4.78 is 7.35. The van der Waals surface area contributed by atoms with Gasteiger partial charge in [-0.15, -0.1) is 0 Å². The minimum atomic E-state index is -0.316. The third kappa shape index (κ3) is 2.07. The van der Waals surface area contributed by atoms with Gasteiger partial charge in [-0.2, -0.15) is 5.10 Å². The molecule has 0 spiro atoms. The first-order valence-electron chi connectivity index (χ1n) is 5.09. The van der Waals surface area contributed by atoms with Crippen molar-refractivity contribution in [2.45, 2.75) is 37.9 Å². The molecule has 0 saturated heterocycles. The van der Waals surface area contributed by atoms with Crippen molar-refractivity contribution in [3.05, 3.63) is 12.4 Å². The molecular weight excluding hydrogens is 180 g/mol. The van der Waals surface area contributed by atoms with Crippen LogP contribution in [-0.2, 0) is 7.05 Å². The Hall–Kier alpha value is -1.03. The third-order valence-corrected chi connectivity index (χ3v) is 2.64. The van der Waals surface area contributed by atoms with Crippen LogP contribution in [0.2, 0.25) is 0 Å². The van der Waals surface area contributed by atoms with E-state index in [0.29, 0.717) is 0 Å². The van der Waals surface area contributed by atoms with Crippen molar-refractivity contribution in [1.29, 1.82) is 0 Å². The van der Waals surface area contributed by atoms with Gasteiger partial charge in [-0.3, -0.25) is 4.68 Å². The minimum absolute atomic E-state index is 0.0482. The highest BCUT2D eigenvalue weighted by Crippen LogP contribution is 2.23. The highest BCUT2D eigenvalue weighted by Gasteiger charge is 2.24. The van der Waals surface area contributed by atoms with Crippen LogP contribution in [0.3, 0.4) is 0 Å². The van der Waals surface area contributed by atoms with E-state index in [-0.39, 0.29) is 12.2 Å². The Labute approximate surface area is 83.5 Å². The number of hydrogen-bond donors (Lipinski definition) is 1. The van der Waals surface area contributed by atoms with Crippen LogP contribution in [-0.4, -0.2) is 27.1 Å². The Kier molecular flexibility index (Phi) is 2.72. The van der Waals surface area contributed by atoms with Crippen molar-refractivity contribution in [2.24, 2.45) is 7.05 Å². The number of ether oxygens (including phenoxy) is 1. The average molecular weight is 196 g/mol. The first-order chi connectivity index (χ1) is 6.75. The zero-order valence-electron chi connectivity index (χ0n) is 8.39. The van der Waals surface area contributed by atoms with Crippen LogP contribution in [0.5, 0.6) is 5.75 Å². The molecule has 2 atom stereocenters. The van der Waals surface area contributed by atoms with Gasteiger partial charge in [0.25, 0.3) is 0 Å². The molecule has 1 saturated carbocycles. The van der Waals surface area contributed by atoms with E-state index in [1.165, 1.54) is 0 Å². The van der Waals surface area contributed by atoms with Crippen LogP contribution in [0.25, 0.3) is 0 Å². The molecular formula is C10H16N2O2. The fourth-order valence-electron chi connectivity index (χ4n) is 1.85. The summed E-state index contributed by atoms with van der Waals surface area (Å²) in [7, 11) is 1.85. The molecule has 4 heteroatoms. The lowest BCUT2D eigenvalue weighted by Gasteiger charge is -2.27. The zero-order valence-corrected chi connectivity index (χ0v) is 8.39. The van der Waals surface area contributed by atoms with Crippen LogP contribution in [0.1, 0.15) is 25.7 Å². The van der Waals surface area contributed by atoms with Gasteiger partial charge < -0.3 is 9.84 Å². The van der Waals surface area contributed by atoms with E-state index in [2.05, 4.69) is 5.10 Å². The summed E-state index contributed by atoms with van der Waals surface area (Å²) in [6.07, 6.45) is 7.18. The Bertz CT molecular complexity index is 298. The average Bonchev–Trinajstić information content (AvgIpc) is 2.56. The summed E-state index contributed by atoms with van der Waals surface area (Å²) in [4.78, 5) is 0. The molecule has 78 valence electrons. The number of aliphatic hydroxyl groups excluding tert-OH is 1. The lowest BCUT2D eigenvalue weighted by Crippen LogP contribution is -2.34. The zero-order chi connectivity index (χ0) is 9.97. The summed E-state index contributed by atoms with van der Waals surface area (Å²) in [5.41, 5.74) is 0. The summed E-state index contributed by atoms with van der Waals surface area (Å²) in [6.45, 7) is 0. The molecule has 1 N–H and O–H groups in total. The van der Waals surface area contributed by atoms with E-state index >= 15 is 0 Å². The van der Waals surface area contributed by atoms with E-state index in [0.717, 1.165) is 31.4 Å². The quantitative estimate of drug-likeness (QED) is 0.770. The van der Waals surface area contributed by atoms with Gasteiger partial charge in [0.05, 0.1) is 18.5 Å². The maximum absolute atomic E-state index is 9.68. The van der Waals surface area contributed by atoms with Gasteiger partial charge in [-0.05, 0) is 19.3 Å². The topological polar surface area (TPSA) is 47.3 Å². The third-order valence-electron chi connectivity index (χ3n) is 2.64. The van der Waals surface area contributed by atoms with Crippen LogP contribution in [0.4, 0.5) is 0 Å². The summed E-state index contributed by atoms with van der Waals surface area (Å²) in [5, 5.41) is 13.7. The minimum Gasteiger partial charge on any atom is -0.484 e. The second-order valence-electron chi connectivity index (χ2n) is 3.86. The molecule has 1 fully saturated rings. The largest absolute Gasteiger partial charge is 0.484 e. The first-order valence-corrected chi connectivity index (χ1v) is 5.09. The molecule has 4 nitrogen and oxygen atoms in total. The Morgan fingerprint density at radius 2 is 2.29 bits per heavy atom. The van der Waals surface area contributed by atoms with Crippen molar-refractivity contribution < 1.29 is 9.84 Å². The van der Waals surface area contributed by atoms with Crippen molar-refractivity contribution >= 4 is 0 Å². The number of aryl methyl sites for hydroxylation is 1. The maximum atomic E-state index is 9.68. The van der Waals surface area contributed by atoms with Gasteiger partial charge in [0, 0.05) is 7.05 Å². The van der Waals surface area contributed by atoms with Crippen LogP contribution in [0, 0.1) is 0 Å². The van der Waals surface area contributed by atoms with Crippen molar-refractivity contribution in [2.75, 3.05) is 0 Å². The van der Waals surface area contributed by atoms with Crippen molar-refractivity contribution in [3.8, 4) is 5.75 Å². The molecule has 1 aliphatic rings. The van der Waals surface area contributed by atoms with Gasteiger partial charge in [0.2, 0.25) is 0 Å². The van der Waals surface area contributed by atoms with Gasteiger partial charge in [-0.1, -0.05) is 6.42 Å². The lowest BCUT2D eigenvalue weighted by molar-refractivity contribution is 0.00684. The standard InChI is InChI=1S/C10H16N2O2/c1-12-7-8(6-11-12)14-10-5-3-2-4-9(10)13/h6-7,9-10,13H,2-5H2,1H3. The molecule has 0 bridgehead atoms. The Morgan fingerprint density at radius 3 is 2.93 bits per heavy atom. The summed E-state index contributed by atoms with van der Waals surface area (Å²) in [6, 6.07) is 0. The fraction of sp³-hybridized carbons (Fsp3) is 0.700. The Morgan fingerprint density at radius 1 is 1.50 bits per heavy atom. The Balaban J connectivity index is 1.95. The SMILES string of the molecule is Cn1cc(OC2CCCCC2O)cn1. The summed E-state index contributed by atoms with van der Waals surface area (Å²) in [5.74, 6) is 0.749. The van der Waals surface area contributed by atoms with Crippen LogP contribution in [0.15, 0.2) is 12.4 Å². The van der Waals surface area contributed by atoms with E-state index < -0.39 is 0 Å². The van der Waals surface area contributed by atoms with Gasteiger partial charge in [0.1, 0.15) is 6.10 Å². The molecule has 2 rings (SSSR count). The highest BCUT2D eigenvalue weighted by molar-refractivity contribution is 5.12. The van der Waals surface area contributed by atoms with E-state index in [1.807, 2.05) is 13.2 Å². The number of aromatic nitrogens is 2. The molecule has 0 radical (unpaired) electrons. The fourth-order valence-corrected chi connectivity index (χ4v) is 1.85. The van der Waals surface area contributed by atoms with E-state index in [9.17, 15) is 5.11 Å². The van der Waals surface area contributed by atoms with Gasteiger partial charge in [0.15, 0.2) is 5.75 Å². The number of hydrogen-bond acceptors (Lipinski definition) is 3. The monoisotopic (exact) mass is 196 g/mol. The second kappa shape index (κ2) is 4.00. The van der Waals surface area contributed by atoms with E-state index in [1.54, 1.807) is 10.9 Å². The lowest BCUT2D eigenvalue weighted by atomic mass is 9.95. The normalized spacial score (nSPS) is 27.6. The molecule has 0 amide bonds. The molecule has 0 aliphatic heterocycles. The highest BCUT2D eigenvalue weighted by atomic mass is 16.5. The molecule has 1 aromatic rings. The first kappa shape index (κ1) is 9.52. The number of nitrogens with zero attached hydrogens (tertiary/aromatic N) is 2.